The SMILES string of the molecule is O=NCC/C=C/S. The molecule has 0 aromatic rings. The van der Waals surface area contributed by atoms with E-state index in [2.05, 4.69) is 17.8 Å². The molecule has 0 spiro atoms. The normalized spacial score (nSPS) is 9.86. The summed E-state index contributed by atoms with van der Waals surface area (Å²) in [6.45, 7) is 0.358. The van der Waals surface area contributed by atoms with Gasteiger partial charge in [0.25, 0.3) is 0 Å². The van der Waals surface area contributed by atoms with E-state index in [4.69, 9.17) is 0 Å². The van der Waals surface area contributed by atoms with Gasteiger partial charge in [-0.25, -0.2) is 0 Å². The van der Waals surface area contributed by atoms with E-state index in [-0.39, 0.29) is 0 Å². The summed E-state index contributed by atoms with van der Waals surface area (Å²) in [5.41, 5.74) is 0. The number of nitroso groups, excluding NO2 is 1. The van der Waals surface area contributed by atoms with E-state index < -0.39 is 0 Å². The van der Waals surface area contributed by atoms with Crippen LogP contribution in [0.1, 0.15) is 6.42 Å². The van der Waals surface area contributed by atoms with Gasteiger partial charge in [-0.1, -0.05) is 11.3 Å². The van der Waals surface area contributed by atoms with Gasteiger partial charge in [0, 0.05) is 0 Å². The molecule has 0 aromatic carbocycles. The molecule has 7 heavy (non-hydrogen) atoms. The largest absolute Gasteiger partial charge is 0.152 e. The maximum Gasteiger partial charge on any atom is 0.0845 e. The lowest BCUT2D eigenvalue weighted by Crippen LogP contribution is -1.69. The van der Waals surface area contributed by atoms with Crippen LogP contribution in [0, 0.1) is 4.91 Å². The van der Waals surface area contributed by atoms with Gasteiger partial charge in [-0.3, -0.25) is 0 Å². The average molecular weight is 117 g/mol. The molecule has 0 N–H and O–H groups in total. The number of hydrogen-bond donors (Lipinski definition) is 1. The van der Waals surface area contributed by atoms with Gasteiger partial charge in [0.2, 0.25) is 0 Å². The first-order chi connectivity index (χ1) is 3.41. The van der Waals surface area contributed by atoms with E-state index in [9.17, 15) is 4.91 Å². The minimum atomic E-state index is 0.358. The van der Waals surface area contributed by atoms with Gasteiger partial charge in [0.15, 0.2) is 0 Å². The van der Waals surface area contributed by atoms with Crippen molar-refractivity contribution in [3.05, 3.63) is 16.4 Å². The van der Waals surface area contributed by atoms with Gasteiger partial charge < -0.3 is 0 Å². The lowest BCUT2D eigenvalue weighted by molar-refractivity contribution is 0.999. The topological polar surface area (TPSA) is 29.4 Å². The minimum absolute atomic E-state index is 0.358. The number of hydrogen-bond acceptors (Lipinski definition) is 3. The van der Waals surface area contributed by atoms with Crippen molar-refractivity contribution in [2.45, 2.75) is 6.42 Å². The third-order valence-electron chi connectivity index (χ3n) is 0.492. The van der Waals surface area contributed by atoms with Gasteiger partial charge in [-0.05, 0) is 11.8 Å². The molecule has 0 amide bonds. The Kier molecular flexibility index (Phi) is 5.44. The molecule has 0 rings (SSSR count). The van der Waals surface area contributed by atoms with Crippen molar-refractivity contribution in [3.63, 3.8) is 0 Å². The molecule has 3 heteroatoms. The van der Waals surface area contributed by atoms with Crippen molar-refractivity contribution in [3.8, 4) is 0 Å². The monoisotopic (exact) mass is 117 g/mol. The van der Waals surface area contributed by atoms with Crippen molar-refractivity contribution in [1.29, 1.82) is 0 Å². The van der Waals surface area contributed by atoms with Crippen molar-refractivity contribution < 1.29 is 0 Å². The molecule has 0 aliphatic rings. The summed E-state index contributed by atoms with van der Waals surface area (Å²) >= 11 is 3.77. The first kappa shape index (κ1) is 6.69. The Hall–Kier alpha value is -0.310. The molecule has 0 aromatic heterocycles. The zero-order valence-electron chi connectivity index (χ0n) is 3.87. The summed E-state index contributed by atoms with van der Waals surface area (Å²) in [5.74, 6) is 0. The van der Waals surface area contributed by atoms with Crippen molar-refractivity contribution in [2.24, 2.45) is 5.18 Å². The third kappa shape index (κ3) is 5.69. The maximum atomic E-state index is 9.37. The molecular weight excluding hydrogens is 110 g/mol. The fourth-order valence-corrected chi connectivity index (χ4v) is 0.351. The first-order valence-electron chi connectivity index (χ1n) is 2.00. The molecule has 0 unspecified atom stereocenters. The second-order valence-corrected chi connectivity index (χ2v) is 1.32. The molecule has 0 saturated heterocycles. The van der Waals surface area contributed by atoms with Crippen LogP contribution >= 0.6 is 12.6 Å². The predicted molar refractivity (Wildman–Crippen MR) is 33.4 cm³/mol. The number of thiol groups is 1. The highest BCUT2D eigenvalue weighted by molar-refractivity contribution is 7.83. The van der Waals surface area contributed by atoms with Crippen LogP contribution in [0.5, 0.6) is 0 Å². The third-order valence-corrected chi connectivity index (χ3v) is 0.703. The summed E-state index contributed by atoms with van der Waals surface area (Å²) in [5, 5.41) is 4.24. The molecule has 0 bridgehead atoms. The Morgan fingerprint density at radius 3 is 2.86 bits per heavy atom. The van der Waals surface area contributed by atoms with Crippen molar-refractivity contribution in [1.82, 2.24) is 0 Å². The van der Waals surface area contributed by atoms with Gasteiger partial charge in [-0.15, -0.1) is 0 Å². The highest BCUT2D eigenvalue weighted by Gasteiger charge is 1.73. The standard InChI is InChI=1S/C4H7NOS/c6-5-3-1-2-4-7/h2,4,7H,1,3H2/b4-2+. The molecule has 0 heterocycles. The Labute approximate surface area is 48.0 Å². The van der Waals surface area contributed by atoms with E-state index in [1.54, 1.807) is 11.5 Å². The van der Waals surface area contributed by atoms with Crippen LogP contribution < -0.4 is 0 Å². The molecule has 0 fully saturated rings. The summed E-state index contributed by atoms with van der Waals surface area (Å²) in [6, 6.07) is 0. The van der Waals surface area contributed by atoms with Crippen molar-refractivity contribution in [2.75, 3.05) is 6.54 Å². The van der Waals surface area contributed by atoms with Crippen LogP contribution in [0.15, 0.2) is 16.7 Å². The van der Waals surface area contributed by atoms with Gasteiger partial charge in [0.1, 0.15) is 0 Å². The summed E-state index contributed by atoms with van der Waals surface area (Å²) in [7, 11) is 0. The van der Waals surface area contributed by atoms with E-state index in [0.717, 1.165) is 0 Å². The molecular formula is C4H7NOS. The zero-order chi connectivity index (χ0) is 5.54. The Bertz CT molecular complexity index is 72.1. The Morgan fingerprint density at radius 2 is 2.43 bits per heavy atom. The van der Waals surface area contributed by atoms with Crippen LogP contribution in [0.3, 0.4) is 0 Å². The van der Waals surface area contributed by atoms with Crippen LogP contribution in [-0.4, -0.2) is 6.54 Å². The molecule has 0 aliphatic heterocycles. The Balaban J connectivity index is 2.82. The molecule has 2 nitrogen and oxygen atoms in total. The second kappa shape index (κ2) is 5.69. The minimum Gasteiger partial charge on any atom is -0.152 e. The number of rotatable bonds is 3. The zero-order valence-corrected chi connectivity index (χ0v) is 4.77. The molecule has 0 atom stereocenters. The Morgan fingerprint density at radius 1 is 1.71 bits per heavy atom. The number of nitrogens with zero attached hydrogens (tertiary/aromatic N) is 1. The fourth-order valence-electron chi connectivity index (χ4n) is 0.202. The maximum absolute atomic E-state index is 9.37. The lowest BCUT2D eigenvalue weighted by atomic mass is 10.4. The highest BCUT2D eigenvalue weighted by Crippen LogP contribution is 1.84. The van der Waals surface area contributed by atoms with Gasteiger partial charge in [-0.2, -0.15) is 17.5 Å². The first-order valence-corrected chi connectivity index (χ1v) is 2.51. The van der Waals surface area contributed by atoms with E-state index >= 15 is 0 Å². The summed E-state index contributed by atoms with van der Waals surface area (Å²) in [4.78, 5) is 9.37. The summed E-state index contributed by atoms with van der Waals surface area (Å²) < 4.78 is 0. The molecule has 0 radical (unpaired) electrons. The van der Waals surface area contributed by atoms with Crippen LogP contribution in [0.2, 0.25) is 0 Å². The molecule has 0 aliphatic carbocycles. The van der Waals surface area contributed by atoms with E-state index in [0.29, 0.717) is 13.0 Å². The second-order valence-electron chi connectivity index (χ2n) is 1.03. The molecule has 40 valence electrons. The van der Waals surface area contributed by atoms with Gasteiger partial charge >= 0.3 is 0 Å². The summed E-state index contributed by atoms with van der Waals surface area (Å²) in [6.07, 6.45) is 2.48. The lowest BCUT2D eigenvalue weighted by Gasteiger charge is -1.75. The predicted octanol–water partition coefficient (Wildman–Crippen LogP) is 1.59. The van der Waals surface area contributed by atoms with E-state index in [1.807, 2.05) is 0 Å². The van der Waals surface area contributed by atoms with Crippen LogP contribution in [-0.2, 0) is 0 Å². The molecule has 0 saturated carbocycles. The highest BCUT2D eigenvalue weighted by atomic mass is 32.1. The quantitative estimate of drug-likeness (QED) is 0.339. The van der Waals surface area contributed by atoms with Crippen LogP contribution in [0.25, 0.3) is 0 Å². The smallest absolute Gasteiger partial charge is 0.0845 e. The van der Waals surface area contributed by atoms with E-state index in [1.165, 1.54) is 0 Å². The fraction of sp³-hybridized carbons (Fsp3) is 0.500. The van der Waals surface area contributed by atoms with Gasteiger partial charge in [0.05, 0.1) is 6.54 Å². The van der Waals surface area contributed by atoms with Crippen molar-refractivity contribution >= 4 is 12.6 Å². The average Bonchev–Trinajstić information content (AvgIpc) is 1.69. The van der Waals surface area contributed by atoms with Crippen LogP contribution in [0.4, 0.5) is 0 Å².